The van der Waals surface area contributed by atoms with Gasteiger partial charge in [-0.3, -0.25) is 4.99 Å². The molecule has 1 aliphatic heterocycles. The molecule has 4 aromatic rings. The van der Waals surface area contributed by atoms with Gasteiger partial charge in [-0.05, 0) is 36.4 Å². The molecule has 0 radical (unpaired) electrons. The Hall–Kier alpha value is -3.20. The lowest BCUT2D eigenvalue weighted by molar-refractivity contribution is -0.137. The summed E-state index contributed by atoms with van der Waals surface area (Å²) >= 11 is 4.09. The Kier molecular flexibility index (Phi) is 5.54. The second kappa shape index (κ2) is 8.27. The van der Waals surface area contributed by atoms with E-state index in [1.54, 1.807) is 36.4 Å². The van der Waals surface area contributed by atoms with Gasteiger partial charge in [0.15, 0.2) is 11.0 Å². The van der Waals surface area contributed by atoms with Crippen molar-refractivity contribution in [3.63, 3.8) is 0 Å². The monoisotopic (exact) mass is 456 g/mol. The number of rotatable bonds is 2. The van der Waals surface area contributed by atoms with E-state index in [9.17, 15) is 9.90 Å². The van der Waals surface area contributed by atoms with Gasteiger partial charge in [0.25, 0.3) is 0 Å². The maximum absolute atomic E-state index is 10.8. The first-order valence-electron chi connectivity index (χ1n) is 8.46. The van der Waals surface area contributed by atoms with E-state index in [4.69, 9.17) is 15.5 Å². The van der Waals surface area contributed by atoms with Crippen LogP contribution >= 0.6 is 34.4 Å². The summed E-state index contributed by atoms with van der Waals surface area (Å²) in [4.78, 5) is 23.4. The molecule has 2 aromatic carbocycles. The van der Waals surface area contributed by atoms with Gasteiger partial charge in [-0.25, -0.2) is 14.8 Å². The standard InChI is InChI=1S/C11H8N2O3S2.C8H4N2OS/c14-5-1-2-6-8(3-5)18-10(12-6)9-13-7(4-17-9)11(15)16;9-4-8-10-6-2-1-5(11)3-7(6)12-8/h1-3,7,14H,4H2,(H,15,16);1-3,11H/t7-;/m1./s1. The van der Waals surface area contributed by atoms with Gasteiger partial charge in [-0.1, -0.05) is 0 Å². The summed E-state index contributed by atoms with van der Waals surface area (Å²) in [7, 11) is 0. The summed E-state index contributed by atoms with van der Waals surface area (Å²) in [5, 5.41) is 37.7. The molecule has 11 heteroatoms. The Balaban J connectivity index is 0.000000158. The summed E-state index contributed by atoms with van der Waals surface area (Å²) in [6.45, 7) is 0. The van der Waals surface area contributed by atoms with E-state index < -0.39 is 12.0 Å². The zero-order chi connectivity index (χ0) is 21.3. The molecule has 0 fully saturated rings. The summed E-state index contributed by atoms with van der Waals surface area (Å²) in [6, 6.07) is 11.1. The molecule has 30 heavy (non-hydrogen) atoms. The fraction of sp³-hybridized carbons (Fsp3) is 0.105. The van der Waals surface area contributed by atoms with Crippen LogP contribution in [0.1, 0.15) is 10.0 Å². The van der Waals surface area contributed by atoms with Crippen molar-refractivity contribution in [1.29, 1.82) is 5.26 Å². The molecule has 5 rings (SSSR count). The third kappa shape index (κ3) is 4.20. The Morgan fingerprint density at radius 1 is 1.03 bits per heavy atom. The van der Waals surface area contributed by atoms with E-state index in [-0.39, 0.29) is 11.5 Å². The molecular weight excluding hydrogens is 444 g/mol. The molecule has 150 valence electrons. The number of thioether (sulfide) groups is 1. The highest BCUT2D eigenvalue weighted by atomic mass is 32.2. The highest BCUT2D eigenvalue weighted by Gasteiger charge is 2.26. The van der Waals surface area contributed by atoms with E-state index in [1.807, 2.05) is 6.07 Å². The van der Waals surface area contributed by atoms with Crippen molar-refractivity contribution in [1.82, 2.24) is 9.97 Å². The lowest BCUT2D eigenvalue weighted by atomic mass is 10.3. The number of aromatic hydroxyl groups is 2. The Morgan fingerprint density at radius 2 is 1.67 bits per heavy atom. The molecule has 2 aromatic heterocycles. The van der Waals surface area contributed by atoms with Gasteiger partial charge in [0, 0.05) is 5.75 Å². The third-order valence-electron chi connectivity index (χ3n) is 3.96. The molecule has 0 saturated carbocycles. The second-order valence-electron chi connectivity index (χ2n) is 6.05. The van der Waals surface area contributed by atoms with Crippen LogP contribution in [-0.2, 0) is 4.79 Å². The quantitative estimate of drug-likeness (QED) is 0.413. The van der Waals surface area contributed by atoms with Crippen molar-refractivity contribution in [2.75, 3.05) is 5.75 Å². The molecule has 0 unspecified atom stereocenters. The number of nitriles is 1. The van der Waals surface area contributed by atoms with Crippen LogP contribution in [0, 0.1) is 11.3 Å². The lowest BCUT2D eigenvalue weighted by Gasteiger charge is -1.93. The van der Waals surface area contributed by atoms with Gasteiger partial charge >= 0.3 is 5.97 Å². The third-order valence-corrected chi connectivity index (χ3v) is 7.09. The highest BCUT2D eigenvalue weighted by Crippen LogP contribution is 2.31. The minimum atomic E-state index is -0.906. The number of hydrogen-bond donors (Lipinski definition) is 3. The van der Waals surface area contributed by atoms with Crippen LogP contribution in [0.25, 0.3) is 20.4 Å². The Labute approximate surface area is 181 Å². The molecule has 0 aliphatic carbocycles. The normalized spacial score (nSPS) is 15.4. The molecule has 3 N–H and O–H groups in total. The summed E-state index contributed by atoms with van der Waals surface area (Å²) < 4.78 is 1.71. The molecule has 0 bridgehead atoms. The van der Waals surface area contributed by atoms with Crippen LogP contribution in [0.2, 0.25) is 0 Å². The smallest absolute Gasteiger partial charge is 0.329 e. The fourth-order valence-electron chi connectivity index (χ4n) is 2.58. The van der Waals surface area contributed by atoms with Crippen molar-refractivity contribution in [2.24, 2.45) is 4.99 Å². The minimum Gasteiger partial charge on any atom is -0.508 e. The van der Waals surface area contributed by atoms with E-state index >= 15 is 0 Å². The number of hydrogen-bond acceptors (Lipinski definition) is 10. The summed E-state index contributed by atoms with van der Waals surface area (Å²) in [6.07, 6.45) is 0. The minimum absolute atomic E-state index is 0.196. The molecule has 3 heterocycles. The zero-order valence-corrected chi connectivity index (χ0v) is 17.5. The van der Waals surface area contributed by atoms with Crippen LogP contribution < -0.4 is 0 Å². The van der Waals surface area contributed by atoms with Crippen LogP contribution in [-0.4, -0.2) is 48.1 Å². The Morgan fingerprint density at radius 3 is 2.27 bits per heavy atom. The number of phenolic OH excluding ortho intramolecular Hbond substituents is 2. The number of phenols is 2. The Bertz CT molecular complexity index is 1340. The number of carbonyl (C=O) groups is 1. The fourth-order valence-corrected chi connectivity index (χ4v) is 5.47. The van der Waals surface area contributed by atoms with Crippen LogP contribution in [0.4, 0.5) is 0 Å². The van der Waals surface area contributed by atoms with Crippen molar-refractivity contribution < 1.29 is 20.1 Å². The van der Waals surface area contributed by atoms with Crippen LogP contribution in [0.3, 0.4) is 0 Å². The average Bonchev–Trinajstić information content (AvgIpc) is 3.44. The van der Waals surface area contributed by atoms with Gasteiger partial charge in [-0.2, -0.15) is 5.26 Å². The van der Waals surface area contributed by atoms with Crippen molar-refractivity contribution in [3.05, 3.63) is 46.4 Å². The molecule has 1 aliphatic rings. The number of carboxylic acids is 1. The van der Waals surface area contributed by atoms with Gasteiger partial charge in [-0.15, -0.1) is 34.4 Å². The summed E-state index contributed by atoms with van der Waals surface area (Å²) in [5.74, 6) is -0.0553. The largest absolute Gasteiger partial charge is 0.508 e. The average molecular weight is 457 g/mol. The second-order valence-corrected chi connectivity index (χ2v) is 9.12. The van der Waals surface area contributed by atoms with E-state index in [0.717, 1.165) is 20.4 Å². The molecule has 0 saturated heterocycles. The van der Waals surface area contributed by atoms with E-state index in [2.05, 4.69) is 15.0 Å². The van der Waals surface area contributed by atoms with Gasteiger partial charge < -0.3 is 15.3 Å². The van der Waals surface area contributed by atoms with E-state index in [1.165, 1.54) is 34.4 Å². The van der Waals surface area contributed by atoms with Crippen LogP contribution in [0.15, 0.2) is 41.4 Å². The van der Waals surface area contributed by atoms with Crippen LogP contribution in [0.5, 0.6) is 11.5 Å². The number of benzene rings is 2. The maximum Gasteiger partial charge on any atom is 0.329 e. The number of nitrogens with zero attached hydrogens (tertiary/aromatic N) is 4. The van der Waals surface area contributed by atoms with Crippen molar-refractivity contribution in [2.45, 2.75) is 6.04 Å². The molecule has 0 amide bonds. The molecule has 1 atom stereocenters. The SMILES string of the molecule is N#Cc1nc2ccc(O)cc2s1.O=C(O)[C@H]1CSC(c2nc3ccc(O)cc3s2)=N1. The van der Waals surface area contributed by atoms with E-state index in [0.29, 0.717) is 20.8 Å². The van der Waals surface area contributed by atoms with Gasteiger partial charge in [0.2, 0.25) is 0 Å². The molecular formula is C19H12N4O4S3. The lowest BCUT2D eigenvalue weighted by Crippen LogP contribution is -2.17. The first-order valence-corrected chi connectivity index (χ1v) is 11.1. The number of aromatic nitrogens is 2. The maximum atomic E-state index is 10.8. The van der Waals surface area contributed by atoms with Gasteiger partial charge in [0.1, 0.15) is 27.6 Å². The van der Waals surface area contributed by atoms with Crippen molar-refractivity contribution in [3.8, 4) is 17.6 Å². The number of aliphatic carboxylic acids is 1. The van der Waals surface area contributed by atoms with Gasteiger partial charge in [0.05, 0.1) is 20.4 Å². The predicted molar refractivity (Wildman–Crippen MR) is 118 cm³/mol. The first-order chi connectivity index (χ1) is 14.4. The number of fused-ring (bicyclic) bond motifs is 2. The predicted octanol–water partition coefficient (Wildman–Crippen LogP) is 3.82. The number of thiazole rings is 2. The van der Waals surface area contributed by atoms with Crippen molar-refractivity contribution >= 4 is 65.9 Å². The molecule has 8 nitrogen and oxygen atoms in total. The number of aliphatic imine (C=N–C) groups is 1. The number of carboxylic acid groups (broad SMARTS) is 1. The first kappa shape index (κ1) is 20.1. The molecule has 0 spiro atoms. The topological polar surface area (TPSA) is 140 Å². The zero-order valence-electron chi connectivity index (χ0n) is 15.0. The summed E-state index contributed by atoms with van der Waals surface area (Å²) in [5.41, 5.74) is 1.55. The highest BCUT2D eigenvalue weighted by molar-refractivity contribution is 8.15.